The Bertz CT molecular complexity index is 492. The first-order chi connectivity index (χ1) is 11.7. The molecule has 1 rings (SSSR count). The Kier molecular flexibility index (Phi) is 8.12. The minimum absolute atomic E-state index is 0.0376. The molecular formula is C17H30F2N4O2. The quantitative estimate of drug-likeness (QED) is 0.610. The molecule has 2 atom stereocenters. The number of halogens is 2. The molecule has 1 aliphatic carbocycles. The highest BCUT2D eigenvalue weighted by atomic mass is 19.1. The number of hydrogen-bond donors (Lipinski definition) is 3. The van der Waals surface area contributed by atoms with Gasteiger partial charge in [0, 0.05) is 25.7 Å². The molecule has 0 aromatic carbocycles. The van der Waals surface area contributed by atoms with E-state index in [-0.39, 0.29) is 24.4 Å². The number of carbonyl (C=O) groups is 1. The van der Waals surface area contributed by atoms with Crippen LogP contribution >= 0.6 is 0 Å². The predicted octanol–water partition coefficient (Wildman–Crippen LogP) is 3.10. The van der Waals surface area contributed by atoms with Crippen LogP contribution in [0.4, 0.5) is 13.6 Å². The van der Waals surface area contributed by atoms with Crippen LogP contribution in [0.3, 0.4) is 0 Å². The Morgan fingerprint density at radius 1 is 1.32 bits per heavy atom. The van der Waals surface area contributed by atoms with Crippen molar-refractivity contribution in [2.24, 2.45) is 0 Å². The zero-order valence-corrected chi connectivity index (χ0v) is 15.5. The van der Waals surface area contributed by atoms with Gasteiger partial charge in [0.1, 0.15) is 18.1 Å². The molecule has 3 N–H and O–H groups in total. The maximum absolute atomic E-state index is 13.9. The number of nitrogens with one attached hydrogen (secondary N) is 3. The van der Waals surface area contributed by atoms with Crippen molar-refractivity contribution in [1.82, 2.24) is 15.5 Å². The van der Waals surface area contributed by atoms with Crippen molar-refractivity contribution in [2.45, 2.75) is 64.1 Å². The molecule has 0 aromatic heterocycles. The Morgan fingerprint density at radius 3 is 2.44 bits per heavy atom. The number of rotatable bonds is 7. The largest absolute Gasteiger partial charge is 0.444 e. The number of alkyl carbamates (subject to hydrolysis) is 1. The van der Waals surface area contributed by atoms with Crippen molar-refractivity contribution < 1.29 is 18.3 Å². The molecule has 0 unspecified atom stereocenters. The Hall–Kier alpha value is -1.86. The maximum atomic E-state index is 13.9. The summed E-state index contributed by atoms with van der Waals surface area (Å²) in [5.41, 5.74) is -0.561. The molecule has 1 fully saturated rings. The van der Waals surface area contributed by atoms with E-state index < -0.39 is 24.2 Å². The SMILES string of the molecule is CN(CCF)/C(N[C@H]1CCC[C@@H](NC(=O)OC(C)(C)C)C1)=C(/F)C=N. The molecule has 1 aliphatic rings. The summed E-state index contributed by atoms with van der Waals surface area (Å²) in [6.07, 6.45) is 3.25. The number of alkyl halides is 1. The van der Waals surface area contributed by atoms with Crippen molar-refractivity contribution in [2.75, 3.05) is 20.3 Å². The van der Waals surface area contributed by atoms with E-state index in [1.807, 2.05) is 0 Å². The Labute approximate surface area is 148 Å². The summed E-state index contributed by atoms with van der Waals surface area (Å²) in [6.45, 7) is 4.83. The van der Waals surface area contributed by atoms with Gasteiger partial charge in [-0.15, -0.1) is 0 Å². The van der Waals surface area contributed by atoms with Crippen LogP contribution in [0.5, 0.6) is 0 Å². The Balaban J connectivity index is 2.66. The molecule has 0 heterocycles. The molecule has 0 aromatic rings. The van der Waals surface area contributed by atoms with Crippen LogP contribution in [-0.2, 0) is 4.74 Å². The maximum Gasteiger partial charge on any atom is 0.407 e. The predicted molar refractivity (Wildman–Crippen MR) is 94.1 cm³/mol. The van der Waals surface area contributed by atoms with E-state index in [1.165, 1.54) is 4.90 Å². The Morgan fingerprint density at radius 2 is 1.92 bits per heavy atom. The van der Waals surface area contributed by atoms with Crippen LogP contribution in [0.15, 0.2) is 11.6 Å². The standard InChI is InChI=1S/C17H30F2N4O2/c1-17(2,3)25-16(24)22-13-7-5-6-12(10-13)21-15(14(19)11-20)23(4)9-8-18/h11-13,20-21H,5-10H2,1-4H3,(H,22,24)/b15-14+,20-11?/t12-,13+/m0/s1. The summed E-state index contributed by atoms with van der Waals surface area (Å²) in [7, 11) is 1.57. The average Bonchev–Trinajstić information content (AvgIpc) is 2.50. The third-order valence-electron chi connectivity index (χ3n) is 3.89. The van der Waals surface area contributed by atoms with Gasteiger partial charge in [0.25, 0.3) is 0 Å². The number of hydrogen-bond acceptors (Lipinski definition) is 5. The second-order valence-corrected chi connectivity index (χ2v) is 7.30. The lowest BCUT2D eigenvalue weighted by molar-refractivity contribution is 0.0488. The fraction of sp³-hybridized carbons (Fsp3) is 0.765. The highest BCUT2D eigenvalue weighted by Crippen LogP contribution is 2.21. The third kappa shape index (κ3) is 7.70. The molecular weight excluding hydrogens is 330 g/mol. The normalized spacial score (nSPS) is 21.8. The van der Waals surface area contributed by atoms with Gasteiger partial charge in [-0.05, 0) is 46.5 Å². The molecule has 0 radical (unpaired) electrons. The summed E-state index contributed by atoms with van der Waals surface area (Å²) in [4.78, 5) is 13.3. The molecule has 8 heteroatoms. The number of ether oxygens (including phenoxy) is 1. The molecule has 0 aliphatic heterocycles. The first kappa shape index (κ1) is 21.2. The first-order valence-corrected chi connectivity index (χ1v) is 8.59. The zero-order chi connectivity index (χ0) is 19.0. The first-order valence-electron chi connectivity index (χ1n) is 8.59. The number of amides is 1. The molecule has 1 amide bonds. The monoisotopic (exact) mass is 360 g/mol. The van der Waals surface area contributed by atoms with Gasteiger partial charge in [0.2, 0.25) is 0 Å². The van der Waals surface area contributed by atoms with Crippen molar-refractivity contribution in [3.05, 3.63) is 11.6 Å². The second kappa shape index (κ2) is 9.58. The minimum atomic E-state index is -0.738. The van der Waals surface area contributed by atoms with Crippen LogP contribution in [0.25, 0.3) is 0 Å². The van der Waals surface area contributed by atoms with Gasteiger partial charge < -0.3 is 25.7 Å². The van der Waals surface area contributed by atoms with Crippen LogP contribution in [0, 0.1) is 5.41 Å². The molecule has 25 heavy (non-hydrogen) atoms. The van der Waals surface area contributed by atoms with Crippen molar-refractivity contribution in [3.8, 4) is 0 Å². The van der Waals surface area contributed by atoms with Gasteiger partial charge >= 0.3 is 6.09 Å². The third-order valence-corrected chi connectivity index (χ3v) is 3.89. The average molecular weight is 360 g/mol. The van der Waals surface area contributed by atoms with Crippen LogP contribution < -0.4 is 10.6 Å². The topological polar surface area (TPSA) is 77.4 Å². The van der Waals surface area contributed by atoms with Gasteiger partial charge in [0.15, 0.2) is 5.83 Å². The molecule has 0 saturated heterocycles. The fourth-order valence-electron chi connectivity index (χ4n) is 2.79. The van der Waals surface area contributed by atoms with E-state index >= 15 is 0 Å². The smallest absolute Gasteiger partial charge is 0.407 e. The van der Waals surface area contributed by atoms with Crippen molar-refractivity contribution in [3.63, 3.8) is 0 Å². The summed E-state index contributed by atoms with van der Waals surface area (Å²) in [5, 5.41) is 13.0. The molecule has 1 saturated carbocycles. The van der Waals surface area contributed by atoms with Crippen LogP contribution in [0.1, 0.15) is 46.5 Å². The summed E-state index contributed by atoms with van der Waals surface area (Å²) < 4.78 is 31.8. The minimum Gasteiger partial charge on any atom is -0.444 e. The van der Waals surface area contributed by atoms with E-state index in [0.29, 0.717) is 12.6 Å². The van der Waals surface area contributed by atoms with Crippen LogP contribution in [-0.4, -0.2) is 55.2 Å². The summed E-state index contributed by atoms with van der Waals surface area (Å²) >= 11 is 0. The van der Waals surface area contributed by atoms with E-state index in [9.17, 15) is 13.6 Å². The lowest BCUT2D eigenvalue weighted by Crippen LogP contribution is -2.47. The second-order valence-electron chi connectivity index (χ2n) is 7.30. The van der Waals surface area contributed by atoms with E-state index in [4.69, 9.17) is 10.1 Å². The van der Waals surface area contributed by atoms with E-state index in [0.717, 1.165) is 19.3 Å². The lowest BCUT2D eigenvalue weighted by atomic mass is 9.91. The highest BCUT2D eigenvalue weighted by molar-refractivity contribution is 5.73. The van der Waals surface area contributed by atoms with Crippen LogP contribution in [0.2, 0.25) is 0 Å². The van der Waals surface area contributed by atoms with Crippen molar-refractivity contribution >= 4 is 12.3 Å². The van der Waals surface area contributed by atoms with E-state index in [2.05, 4.69) is 10.6 Å². The molecule has 6 nitrogen and oxygen atoms in total. The summed E-state index contributed by atoms with van der Waals surface area (Å²) in [6, 6.07) is -0.145. The number of nitrogens with zero attached hydrogens (tertiary/aromatic N) is 1. The lowest BCUT2D eigenvalue weighted by Gasteiger charge is -2.34. The van der Waals surface area contributed by atoms with Gasteiger partial charge in [-0.1, -0.05) is 0 Å². The fourth-order valence-corrected chi connectivity index (χ4v) is 2.79. The molecule has 0 spiro atoms. The van der Waals surface area contributed by atoms with Crippen molar-refractivity contribution in [1.29, 1.82) is 5.41 Å². The number of carbonyl (C=O) groups excluding carboxylic acids is 1. The van der Waals surface area contributed by atoms with Gasteiger partial charge in [-0.25, -0.2) is 13.6 Å². The molecule has 144 valence electrons. The molecule has 0 bridgehead atoms. The highest BCUT2D eigenvalue weighted by Gasteiger charge is 2.27. The zero-order valence-electron chi connectivity index (χ0n) is 15.5. The summed E-state index contributed by atoms with van der Waals surface area (Å²) in [5.74, 6) is -0.631. The van der Waals surface area contributed by atoms with Gasteiger partial charge in [-0.3, -0.25) is 0 Å². The van der Waals surface area contributed by atoms with Gasteiger partial charge in [0.05, 0.1) is 6.21 Å². The number of allylic oxidation sites excluding steroid dienone is 1. The van der Waals surface area contributed by atoms with E-state index in [1.54, 1.807) is 27.8 Å². The van der Waals surface area contributed by atoms with Gasteiger partial charge in [-0.2, -0.15) is 0 Å².